The third-order valence-corrected chi connectivity index (χ3v) is 4.06. The van der Waals surface area contributed by atoms with Gasteiger partial charge in [0.1, 0.15) is 0 Å². The summed E-state index contributed by atoms with van der Waals surface area (Å²) in [6.07, 6.45) is 5.25. The van der Waals surface area contributed by atoms with E-state index in [1.807, 2.05) is 39.0 Å². The number of pyridine rings is 1. The van der Waals surface area contributed by atoms with Crippen LogP contribution in [0.2, 0.25) is 0 Å². The summed E-state index contributed by atoms with van der Waals surface area (Å²) in [5.74, 6) is 1.58. The predicted molar refractivity (Wildman–Crippen MR) is 81.6 cm³/mol. The van der Waals surface area contributed by atoms with Crippen molar-refractivity contribution in [3.63, 3.8) is 0 Å². The van der Waals surface area contributed by atoms with Gasteiger partial charge in [-0.3, -0.25) is 0 Å². The van der Waals surface area contributed by atoms with E-state index >= 15 is 0 Å². The second-order valence-corrected chi connectivity index (χ2v) is 5.83. The zero-order chi connectivity index (χ0) is 14.3. The van der Waals surface area contributed by atoms with Crippen LogP contribution >= 0.6 is 0 Å². The molecule has 0 spiro atoms. The number of hydrogen-bond donors (Lipinski definition) is 0. The van der Waals surface area contributed by atoms with Crippen molar-refractivity contribution < 1.29 is 4.74 Å². The average Bonchev–Trinajstić information content (AvgIpc) is 2.71. The van der Waals surface area contributed by atoms with Gasteiger partial charge in [0.05, 0.1) is 6.61 Å². The van der Waals surface area contributed by atoms with Crippen molar-refractivity contribution in [3.8, 4) is 5.88 Å². The second-order valence-electron chi connectivity index (χ2n) is 5.83. The van der Waals surface area contributed by atoms with Gasteiger partial charge in [-0.2, -0.15) is 0 Å². The van der Waals surface area contributed by atoms with E-state index in [4.69, 9.17) is 4.74 Å². The number of ether oxygens (including phenoxy) is 1. The minimum absolute atomic E-state index is 0.503. The van der Waals surface area contributed by atoms with Crippen LogP contribution in [0.3, 0.4) is 0 Å². The highest BCUT2D eigenvalue weighted by molar-refractivity contribution is 5.14. The Kier molecular flexibility index (Phi) is 6.33. The third-order valence-electron chi connectivity index (χ3n) is 4.06. The van der Waals surface area contributed by atoms with E-state index in [-0.39, 0.29) is 0 Å². The molecule has 0 saturated heterocycles. The van der Waals surface area contributed by atoms with Crippen molar-refractivity contribution in [2.24, 2.45) is 11.3 Å². The molecule has 1 aromatic rings. The van der Waals surface area contributed by atoms with Crippen LogP contribution < -0.4 is 4.74 Å². The first-order valence-electron chi connectivity index (χ1n) is 7.64. The van der Waals surface area contributed by atoms with E-state index < -0.39 is 0 Å². The van der Waals surface area contributed by atoms with Gasteiger partial charge >= 0.3 is 0 Å². The van der Waals surface area contributed by atoms with Gasteiger partial charge in [-0.05, 0) is 43.6 Å². The van der Waals surface area contributed by atoms with Crippen LogP contribution in [0.5, 0.6) is 5.88 Å². The molecule has 1 atom stereocenters. The molecule has 1 aromatic heterocycles. The zero-order valence-corrected chi connectivity index (χ0v) is 13.2. The highest BCUT2D eigenvalue weighted by Gasteiger charge is 2.33. The van der Waals surface area contributed by atoms with Gasteiger partial charge in [0.15, 0.2) is 0 Å². The average molecular weight is 263 g/mol. The Labute approximate surface area is 118 Å². The lowest BCUT2D eigenvalue weighted by Crippen LogP contribution is -2.19. The summed E-state index contributed by atoms with van der Waals surface area (Å²) in [5, 5.41) is 0. The van der Waals surface area contributed by atoms with Gasteiger partial charge in [-0.1, -0.05) is 40.2 Å². The lowest BCUT2D eigenvalue weighted by atomic mass is 9.80. The number of hydrogen-bond acceptors (Lipinski definition) is 2. The largest absolute Gasteiger partial charge is 0.478 e. The van der Waals surface area contributed by atoms with Gasteiger partial charge < -0.3 is 4.74 Å². The number of aryl methyl sites for hydroxylation is 1. The molecule has 0 N–H and O–H groups in total. The van der Waals surface area contributed by atoms with Crippen LogP contribution in [-0.2, 0) is 0 Å². The predicted octanol–water partition coefficient (Wildman–Crippen LogP) is 5.01. The Morgan fingerprint density at radius 1 is 1.32 bits per heavy atom. The van der Waals surface area contributed by atoms with Crippen LogP contribution in [0, 0.1) is 18.3 Å². The molecule has 2 nitrogen and oxygen atoms in total. The van der Waals surface area contributed by atoms with Gasteiger partial charge in [0, 0.05) is 11.8 Å². The maximum absolute atomic E-state index is 5.73. The normalized spacial score (nSPS) is 20.6. The fourth-order valence-corrected chi connectivity index (χ4v) is 2.84. The van der Waals surface area contributed by atoms with E-state index in [2.05, 4.69) is 18.8 Å². The first kappa shape index (κ1) is 16.0. The SMILES string of the molecule is CC.Cc1cccc(OCCC2CCCC2(C)C)n1. The van der Waals surface area contributed by atoms with Gasteiger partial charge in [-0.15, -0.1) is 0 Å². The molecule has 1 unspecified atom stereocenters. The Balaban J connectivity index is 0.000000861. The molecular weight excluding hydrogens is 234 g/mol. The molecule has 0 radical (unpaired) electrons. The third kappa shape index (κ3) is 4.85. The first-order valence-corrected chi connectivity index (χ1v) is 7.64. The quantitative estimate of drug-likeness (QED) is 0.761. The molecule has 108 valence electrons. The zero-order valence-electron chi connectivity index (χ0n) is 13.2. The van der Waals surface area contributed by atoms with E-state index in [0.717, 1.165) is 30.5 Å². The number of aromatic nitrogens is 1. The first-order chi connectivity index (χ1) is 9.08. The number of rotatable bonds is 4. The van der Waals surface area contributed by atoms with Crippen molar-refractivity contribution in [2.75, 3.05) is 6.61 Å². The van der Waals surface area contributed by atoms with Crippen LogP contribution in [0.1, 0.15) is 59.1 Å². The van der Waals surface area contributed by atoms with Crippen LogP contribution in [-0.4, -0.2) is 11.6 Å². The molecule has 1 heterocycles. The van der Waals surface area contributed by atoms with Gasteiger partial charge in [0.25, 0.3) is 0 Å². The van der Waals surface area contributed by atoms with Crippen LogP contribution in [0.4, 0.5) is 0 Å². The molecule has 1 saturated carbocycles. The maximum Gasteiger partial charge on any atom is 0.213 e. The van der Waals surface area contributed by atoms with Gasteiger partial charge in [-0.25, -0.2) is 4.98 Å². The Morgan fingerprint density at radius 2 is 2.05 bits per heavy atom. The van der Waals surface area contributed by atoms with E-state index in [1.165, 1.54) is 19.3 Å². The maximum atomic E-state index is 5.73. The molecule has 1 aliphatic carbocycles. The standard InChI is InChI=1S/C15H23NO.C2H6/c1-12-6-4-8-14(16-12)17-11-9-13-7-5-10-15(13,2)3;1-2/h4,6,8,13H,5,7,9-11H2,1-3H3;1-2H3. The van der Waals surface area contributed by atoms with E-state index in [0.29, 0.717) is 5.41 Å². The highest BCUT2D eigenvalue weighted by Crippen LogP contribution is 2.44. The Bertz CT molecular complexity index is 373. The summed E-state index contributed by atoms with van der Waals surface area (Å²) in [6, 6.07) is 5.93. The number of nitrogens with zero attached hydrogens (tertiary/aromatic N) is 1. The molecule has 0 aromatic carbocycles. The summed E-state index contributed by atoms with van der Waals surface area (Å²) < 4.78 is 5.73. The molecular formula is C17H29NO. The Morgan fingerprint density at radius 3 is 2.63 bits per heavy atom. The lowest BCUT2D eigenvalue weighted by molar-refractivity contribution is 0.195. The fraction of sp³-hybridized carbons (Fsp3) is 0.706. The minimum Gasteiger partial charge on any atom is -0.478 e. The molecule has 0 aliphatic heterocycles. The monoisotopic (exact) mass is 263 g/mol. The lowest BCUT2D eigenvalue weighted by Gasteiger charge is -2.26. The molecule has 1 aliphatic rings. The molecule has 2 heteroatoms. The smallest absolute Gasteiger partial charge is 0.213 e. The fourth-order valence-electron chi connectivity index (χ4n) is 2.84. The van der Waals surface area contributed by atoms with Crippen LogP contribution in [0.15, 0.2) is 18.2 Å². The van der Waals surface area contributed by atoms with Crippen LogP contribution in [0.25, 0.3) is 0 Å². The summed E-state index contributed by atoms with van der Waals surface area (Å²) in [5.41, 5.74) is 1.52. The summed E-state index contributed by atoms with van der Waals surface area (Å²) in [7, 11) is 0. The van der Waals surface area contributed by atoms with E-state index in [1.54, 1.807) is 0 Å². The summed E-state index contributed by atoms with van der Waals surface area (Å²) in [4.78, 5) is 4.35. The molecule has 0 amide bonds. The molecule has 2 rings (SSSR count). The molecule has 1 fully saturated rings. The topological polar surface area (TPSA) is 22.1 Å². The van der Waals surface area contributed by atoms with Crippen molar-refractivity contribution >= 4 is 0 Å². The molecule has 0 bridgehead atoms. The van der Waals surface area contributed by atoms with Gasteiger partial charge in [0.2, 0.25) is 5.88 Å². The van der Waals surface area contributed by atoms with Crippen molar-refractivity contribution in [3.05, 3.63) is 23.9 Å². The second kappa shape index (κ2) is 7.52. The Hall–Kier alpha value is -1.05. The van der Waals surface area contributed by atoms with E-state index in [9.17, 15) is 0 Å². The summed E-state index contributed by atoms with van der Waals surface area (Å²) in [6.45, 7) is 11.6. The summed E-state index contributed by atoms with van der Waals surface area (Å²) >= 11 is 0. The highest BCUT2D eigenvalue weighted by atomic mass is 16.5. The van der Waals surface area contributed by atoms with Crippen molar-refractivity contribution in [1.29, 1.82) is 0 Å². The molecule has 19 heavy (non-hydrogen) atoms. The van der Waals surface area contributed by atoms with Crippen molar-refractivity contribution in [1.82, 2.24) is 4.98 Å². The minimum atomic E-state index is 0.503. The van der Waals surface area contributed by atoms with Crippen molar-refractivity contribution in [2.45, 2.75) is 60.3 Å².